The average molecular weight is 376 g/mol. The van der Waals surface area contributed by atoms with E-state index >= 15 is 0 Å². The fourth-order valence-electron chi connectivity index (χ4n) is 1.92. The minimum Gasteiger partial charge on any atom is -0.319 e. The van der Waals surface area contributed by atoms with Gasteiger partial charge in [-0.15, -0.1) is 0 Å². The van der Waals surface area contributed by atoms with Gasteiger partial charge < -0.3 is 4.98 Å². The summed E-state index contributed by atoms with van der Waals surface area (Å²) in [5.74, 6) is -0.367. The van der Waals surface area contributed by atoms with Crippen LogP contribution in [0, 0.1) is 3.57 Å². The Hall–Kier alpha value is -2.02. The van der Waals surface area contributed by atoms with Gasteiger partial charge in [0, 0.05) is 9.13 Å². The zero-order valence-electron chi connectivity index (χ0n) is 10.3. The lowest BCUT2D eigenvalue weighted by atomic mass is 10.1. The third-order valence-electron chi connectivity index (χ3n) is 2.92. The lowest BCUT2D eigenvalue weighted by Gasteiger charge is -2.02. The number of carbonyl (C=O) groups excluding carboxylic acids is 1. The number of carbonyl (C=O) groups is 1. The van der Waals surface area contributed by atoms with Crippen molar-refractivity contribution in [3.63, 3.8) is 0 Å². The van der Waals surface area contributed by atoms with E-state index in [9.17, 15) is 9.59 Å². The number of aromatic nitrogens is 2. The van der Waals surface area contributed by atoms with Crippen molar-refractivity contribution in [2.45, 2.75) is 0 Å². The van der Waals surface area contributed by atoms with Crippen LogP contribution in [0.4, 0.5) is 0 Å². The SMILES string of the molecule is O=C(c1ccc(I)cc1)c1nc2ccccc2[nH]c1=O. The second-order valence-corrected chi connectivity index (χ2v) is 5.51. The number of benzene rings is 2. The summed E-state index contributed by atoms with van der Waals surface area (Å²) >= 11 is 2.16. The Morgan fingerprint density at radius 3 is 2.50 bits per heavy atom. The third kappa shape index (κ3) is 2.36. The number of hydrogen-bond donors (Lipinski definition) is 1. The fourth-order valence-corrected chi connectivity index (χ4v) is 2.28. The number of nitrogens with one attached hydrogen (secondary N) is 1. The second-order valence-electron chi connectivity index (χ2n) is 4.27. The molecule has 0 bridgehead atoms. The van der Waals surface area contributed by atoms with E-state index in [-0.39, 0.29) is 11.5 Å². The lowest BCUT2D eigenvalue weighted by molar-refractivity contribution is 0.103. The van der Waals surface area contributed by atoms with Crippen molar-refractivity contribution >= 4 is 39.4 Å². The van der Waals surface area contributed by atoms with Crippen molar-refractivity contribution in [2.75, 3.05) is 0 Å². The molecule has 1 N–H and O–H groups in total. The Balaban J connectivity index is 2.14. The standard InChI is InChI=1S/C15H9IN2O2/c16-10-7-5-9(6-8-10)14(19)13-15(20)18-12-4-2-1-3-11(12)17-13/h1-8H,(H,18,20). The molecule has 4 nitrogen and oxygen atoms in total. The van der Waals surface area contributed by atoms with E-state index in [4.69, 9.17) is 0 Å². The first kappa shape index (κ1) is 13.0. The first-order chi connectivity index (χ1) is 9.65. The highest BCUT2D eigenvalue weighted by molar-refractivity contribution is 14.1. The quantitative estimate of drug-likeness (QED) is 0.553. The molecule has 0 saturated carbocycles. The van der Waals surface area contributed by atoms with Crippen molar-refractivity contribution in [3.05, 3.63) is 73.7 Å². The molecule has 0 unspecified atom stereocenters. The van der Waals surface area contributed by atoms with Crippen LogP contribution in [-0.4, -0.2) is 15.8 Å². The summed E-state index contributed by atoms with van der Waals surface area (Å²) in [6, 6.07) is 14.2. The molecular formula is C15H9IN2O2. The molecular weight excluding hydrogens is 367 g/mol. The number of hydrogen-bond acceptors (Lipinski definition) is 3. The van der Waals surface area contributed by atoms with Crippen LogP contribution in [0.1, 0.15) is 16.1 Å². The van der Waals surface area contributed by atoms with E-state index in [1.807, 2.05) is 18.2 Å². The van der Waals surface area contributed by atoms with Crippen LogP contribution in [-0.2, 0) is 0 Å². The van der Waals surface area contributed by atoms with E-state index in [1.165, 1.54) is 0 Å². The van der Waals surface area contributed by atoms with E-state index in [2.05, 4.69) is 32.6 Å². The van der Waals surface area contributed by atoms with Crippen LogP contribution in [0.5, 0.6) is 0 Å². The van der Waals surface area contributed by atoms with Crippen LogP contribution in [0.15, 0.2) is 53.3 Å². The number of nitrogens with zero attached hydrogens (tertiary/aromatic N) is 1. The van der Waals surface area contributed by atoms with Crippen molar-refractivity contribution < 1.29 is 4.79 Å². The predicted octanol–water partition coefficient (Wildman–Crippen LogP) is 2.76. The molecule has 0 atom stereocenters. The van der Waals surface area contributed by atoms with Gasteiger partial charge >= 0.3 is 0 Å². The summed E-state index contributed by atoms with van der Waals surface area (Å²) in [5.41, 5.74) is 1.13. The Morgan fingerprint density at radius 1 is 1.05 bits per heavy atom. The molecule has 0 saturated heterocycles. The fraction of sp³-hybridized carbons (Fsp3) is 0. The van der Waals surface area contributed by atoms with E-state index in [1.54, 1.807) is 30.3 Å². The second kappa shape index (κ2) is 5.16. The van der Waals surface area contributed by atoms with E-state index in [0.29, 0.717) is 16.6 Å². The molecule has 20 heavy (non-hydrogen) atoms. The topological polar surface area (TPSA) is 62.8 Å². The van der Waals surface area contributed by atoms with Crippen molar-refractivity contribution in [1.29, 1.82) is 0 Å². The molecule has 98 valence electrons. The normalized spacial score (nSPS) is 10.7. The number of rotatable bonds is 2. The number of halogens is 1. The van der Waals surface area contributed by atoms with Gasteiger partial charge in [0.25, 0.3) is 5.56 Å². The predicted molar refractivity (Wildman–Crippen MR) is 85.0 cm³/mol. The maximum Gasteiger partial charge on any atom is 0.278 e. The molecule has 1 heterocycles. The van der Waals surface area contributed by atoms with Gasteiger partial charge in [-0.2, -0.15) is 0 Å². The Morgan fingerprint density at radius 2 is 1.75 bits per heavy atom. The van der Waals surface area contributed by atoms with Gasteiger partial charge in [0.2, 0.25) is 5.78 Å². The maximum atomic E-state index is 12.3. The van der Waals surface area contributed by atoms with Crippen LogP contribution in [0.2, 0.25) is 0 Å². The molecule has 3 rings (SSSR count). The summed E-state index contributed by atoms with van der Waals surface area (Å²) in [6.07, 6.45) is 0. The van der Waals surface area contributed by atoms with Crippen molar-refractivity contribution in [3.8, 4) is 0 Å². The first-order valence-corrected chi connectivity index (χ1v) is 7.02. The van der Waals surface area contributed by atoms with Gasteiger partial charge in [0.1, 0.15) is 0 Å². The highest BCUT2D eigenvalue weighted by Crippen LogP contribution is 2.11. The average Bonchev–Trinajstić information content (AvgIpc) is 2.46. The van der Waals surface area contributed by atoms with Gasteiger partial charge in [-0.1, -0.05) is 12.1 Å². The third-order valence-corrected chi connectivity index (χ3v) is 3.64. The molecule has 0 aliphatic carbocycles. The van der Waals surface area contributed by atoms with Crippen molar-refractivity contribution in [1.82, 2.24) is 9.97 Å². The summed E-state index contributed by atoms with van der Waals surface area (Å²) in [6.45, 7) is 0. The van der Waals surface area contributed by atoms with Crippen LogP contribution in [0.3, 0.4) is 0 Å². The minimum absolute atomic E-state index is 0.0788. The molecule has 0 radical (unpaired) electrons. The summed E-state index contributed by atoms with van der Waals surface area (Å²) in [4.78, 5) is 31.2. The van der Waals surface area contributed by atoms with Gasteiger partial charge in [-0.3, -0.25) is 9.59 Å². The Bertz CT molecular complexity index is 854. The van der Waals surface area contributed by atoms with Gasteiger partial charge in [0.05, 0.1) is 11.0 Å². The van der Waals surface area contributed by atoms with Crippen LogP contribution in [0.25, 0.3) is 11.0 Å². The number of aromatic amines is 1. The number of para-hydroxylation sites is 2. The summed E-state index contributed by atoms with van der Waals surface area (Å²) < 4.78 is 1.03. The minimum atomic E-state index is -0.466. The molecule has 2 aromatic carbocycles. The first-order valence-electron chi connectivity index (χ1n) is 5.94. The highest BCUT2D eigenvalue weighted by atomic mass is 127. The van der Waals surface area contributed by atoms with Crippen molar-refractivity contribution in [2.24, 2.45) is 0 Å². The lowest BCUT2D eigenvalue weighted by Crippen LogP contribution is -2.20. The molecule has 0 aliphatic heterocycles. The highest BCUT2D eigenvalue weighted by Gasteiger charge is 2.15. The Labute approximate surface area is 128 Å². The number of ketones is 1. The van der Waals surface area contributed by atoms with E-state index in [0.717, 1.165) is 3.57 Å². The number of H-pyrrole nitrogens is 1. The van der Waals surface area contributed by atoms with Gasteiger partial charge in [-0.05, 0) is 59.0 Å². The van der Waals surface area contributed by atoms with Crippen LogP contribution >= 0.6 is 22.6 Å². The molecule has 5 heteroatoms. The van der Waals surface area contributed by atoms with Crippen LogP contribution < -0.4 is 5.56 Å². The molecule has 0 fully saturated rings. The molecule has 3 aromatic rings. The maximum absolute atomic E-state index is 12.3. The van der Waals surface area contributed by atoms with Gasteiger partial charge in [-0.25, -0.2) is 4.98 Å². The molecule has 0 amide bonds. The Kier molecular flexibility index (Phi) is 3.35. The largest absolute Gasteiger partial charge is 0.319 e. The number of fused-ring (bicyclic) bond motifs is 1. The summed E-state index contributed by atoms with van der Waals surface area (Å²) in [5, 5.41) is 0. The van der Waals surface area contributed by atoms with Gasteiger partial charge in [0.15, 0.2) is 5.69 Å². The van der Waals surface area contributed by atoms with E-state index < -0.39 is 5.56 Å². The molecule has 0 aliphatic rings. The zero-order chi connectivity index (χ0) is 14.1. The smallest absolute Gasteiger partial charge is 0.278 e. The molecule has 0 spiro atoms. The monoisotopic (exact) mass is 376 g/mol. The zero-order valence-corrected chi connectivity index (χ0v) is 12.4. The molecule has 1 aromatic heterocycles. The summed E-state index contributed by atoms with van der Waals surface area (Å²) in [7, 11) is 0.